The molecule has 0 fully saturated rings. The van der Waals surface area contributed by atoms with Crippen molar-refractivity contribution in [1.29, 1.82) is 0 Å². The zero-order valence-electron chi connectivity index (χ0n) is 9.13. The third kappa shape index (κ3) is 3.41. The number of halogens is 4. The second kappa shape index (κ2) is 5.01. The molecule has 0 heterocycles. The second-order valence-electron chi connectivity index (χ2n) is 3.79. The van der Waals surface area contributed by atoms with Gasteiger partial charge in [-0.1, -0.05) is 6.92 Å². The fourth-order valence-corrected chi connectivity index (χ4v) is 1.42. The van der Waals surface area contributed by atoms with Crippen LogP contribution in [0.4, 0.5) is 17.6 Å². The van der Waals surface area contributed by atoms with Crippen molar-refractivity contribution in [1.82, 2.24) is 0 Å². The molecule has 0 bridgehead atoms. The minimum atomic E-state index is -4.65. The minimum absolute atomic E-state index is 0.160. The smallest absolute Gasteiger partial charge is 0.387 e. The van der Waals surface area contributed by atoms with Gasteiger partial charge in [0.05, 0.1) is 11.7 Å². The minimum Gasteiger partial charge on any atom is -0.387 e. The molecule has 2 atom stereocenters. The van der Waals surface area contributed by atoms with Gasteiger partial charge in [-0.15, -0.1) is 0 Å². The van der Waals surface area contributed by atoms with E-state index in [4.69, 9.17) is 5.73 Å². The third-order valence-electron chi connectivity index (χ3n) is 2.47. The standard InChI is InChI=1S/C11H13F4NO/c1-2-9(16)10(17)6-3-7(11(13,14)15)5-8(12)4-6/h3-5,9-10,17H,2,16H2,1H3. The zero-order chi connectivity index (χ0) is 13.2. The number of hydrogen-bond donors (Lipinski definition) is 2. The molecule has 1 aromatic rings. The van der Waals surface area contributed by atoms with E-state index in [9.17, 15) is 22.7 Å². The first kappa shape index (κ1) is 13.9. The van der Waals surface area contributed by atoms with Crippen molar-refractivity contribution in [3.05, 3.63) is 35.1 Å². The molecule has 1 rings (SSSR count). The van der Waals surface area contributed by atoms with Gasteiger partial charge in [0.25, 0.3) is 0 Å². The van der Waals surface area contributed by atoms with Crippen LogP contribution < -0.4 is 5.73 Å². The molecular formula is C11H13F4NO. The summed E-state index contributed by atoms with van der Waals surface area (Å²) in [6.07, 6.45) is -5.58. The predicted molar refractivity (Wildman–Crippen MR) is 54.6 cm³/mol. The molecule has 0 saturated carbocycles. The van der Waals surface area contributed by atoms with Crippen LogP contribution in [0.3, 0.4) is 0 Å². The van der Waals surface area contributed by atoms with E-state index in [-0.39, 0.29) is 5.56 Å². The Bertz CT molecular complexity index is 392. The Morgan fingerprint density at radius 3 is 2.35 bits per heavy atom. The van der Waals surface area contributed by atoms with Crippen molar-refractivity contribution in [3.8, 4) is 0 Å². The van der Waals surface area contributed by atoms with Crippen molar-refractivity contribution in [2.45, 2.75) is 31.7 Å². The van der Waals surface area contributed by atoms with Gasteiger partial charge in [0.15, 0.2) is 0 Å². The van der Waals surface area contributed by atoms with Gasteiger partial charge < -0.3 is 10.8 Å². The van der Waals surface area contributed by atoms with Gasteiger partial charge in [-0.3, -0.25) is 0 Å². The number of aliphatic hydroxyl groups excluding tert-OH is 1. The predicted octanol–water partition coefficient (Wildman–Crippen LogP) is 2.62. The van der Waals surface area contributed by atoms with E-state index in [0.29, 0.717) is 18.6 Å². The summed E-state index contributed by atoms with van der Waals surface area (Å²) in [7, 11) is 0. The molecular weight excluding hydrogens is 238 g/mol. The van der Waals surface area contributed by atoms with E-state index in [1.807, 2.05) is 0 Å². The van der Waals surface area contributed by atoms with Crippen LogP contribution in [0.2, 0.25) is 0 Å². The van der Waals surface area contributed by atoms with Crippen LogP contribution in [0.5, 0.6) is 0 Å². The summed E-state index contributed by atoms with van der Waals surface area (Å²) in [5.74, 6) is -1.04. The highest BCUT2D eigenvalue weighted by molar-refractivity contribution is 5.29. The Labute approximate surface area is 96.1 Å². The van der Waals surface area contributed by atoms with E-state index < -0.39 is 29.7 Å². The van der Waals surface area contributed by atoms with Gasteiger partial charge in [-0.25, -0.2) is 4.39 Å². The summed E-state index contributed by atoms with van der Waals surface area (Å²) < 4.78 is 50.3. The number of aliphatic hydroxyl groups is 1. The largest absolute Gasteiger partial charge is 0.416 e. The monoisotopic (exact) mass is 251 g/mol. The van der Waals surface area contributed by atoms with Gasteiger partial charge >= 0.3 is 6.18 Å². The summed E-state index contributed by atoms with van der Waals surface area (Å²) in [4.78, 5) is 0. The van der Waals surface area contributed by atoms with Crippen molar-refractivity contribution in [2.75, 3.05) is 0 Å². The maximum Gasteiger partial charge on any atom is 0.416 e. The van der Waals surface area contributed by atoms with Gasteiger partial charge in [-0.05, 0) is 30.2 Å². The lowest BCUT2D eigenvalue weighted by Crippen LogP contribution is -2.27. The Balaban J connectivity index is 3.14. The highest BCUT2D eigenvalue weighted by Crippen LogP contribution is 2.32. The van der Waals surface area contributed by atoms with Gasteiger partial charge in [0.2, 0.25) is 0 Å². The molecule has 96 valence electrons. The second-order valence-corrected chi connectivity index (χ2v) is 3.79. The summed E-state index contributed by atoms with van der Waals surface area (Å²) in [5, 5.41) is 9.64. The van der Waals surface area contributed by atoms with Crippen LogP contribution in [0.15, 0.2) is 18.2 Å². The van der Waals surface area contributed by atoms with E-state index in [1.54, 1.807) is 6.92 Å². The number of nitrogens with two attached hydrogens (primary N) is 1. The SMILES string of the molecule is CCC(N)C(O)c1cc(F)cc(C(F)(F)F)c1. The number of benzene rings is 1. The number of alkyl halides is 3. The molecule has 0 spiro atoms. The van der Waals surface area contributed by atoms with Crippen LogP contribution in [0.25, 0.3) is 0 Å². The average molecular weight is 251 g/mol. The molecule has 3 N–H and O–H groups in total. The van der Waals surface area contributed by atoms with Crippen molar-refractivity contribution in [3.63, 3.8) is 0 Å². The molecule has 0 aliphatic heterocycles. The highest BCUT2D eigenvalue weighted by Gasteiger charge is 2.32. The summed E-state index contributed by atoms with van der Waals surface area (Å²) >= 11 is 0. The van der Waals surface area contributed by atoms with Gasteiger partial charge in [0, 0.05) is 6.04 Å². The summed E-state index contributed by atoms with van der Waals surface area (Å²) in [5.41, 5.74) is 4.21. The van der Waals surface area contributed by atoms with E-state index in [0.717, 1.165) is 6.07 Å². The van der Waals surface area contributed by atoms with Gasteiger partial charge in [0.1, 0.15) is 5.82 Å². The normalized spacial score (nSPS) is 15.7. The van der Waals surface area contributed by atoms with Crippen molar-refractivity contribution >= 4 is 0 Å². The lowest BCUT2D eigenvalue weighted by Gasteiger charge is -2.19. The third-order valence-corrected chi connectivity index (χ3v) is 2.47. The maximum absolute atomic E-state index is 13.0. The molecule has 0 saturated heterocycles. The molecule has 6 heteroatoms. The first-order valence-electron chi connectivity index (χ1n) is 5.07. The lowest BCUT2D eigenvalue weighted by atomic mass is 9.99. The Morgan fingerprint density at radius 1 is 1.29 bits per heavy atom. The highest BCUT2D eigenvalue weighted by atomic mass is 19.4. The van der Waals surface area contributed by atoms with Crippen molar-refractivity contribution < 1.29 is 22.7 Å². The number of rotatable bonds is 3. The molecule has 17 heavy (non-hydrogen) atoms. The molecule has 0 amide bonds. The van der Waals surface area contributed by atoms with Crippen LogP contribution in [0, 0.1) is 5.82 Å². The first-order chi connectivity index (χ1) is 7.75. The molecule has 2 nitrogen and oxygen atoms in total. The van der Waals surface area contributed by atoms with E-state index >= 15 is 0 Å². The molecule has 1 aromatic carbocycles. The Hall–Kier alpha value is -1.14. The van der Waals surface area contributed by atoms with E-state index in [1.165, 1.54) is 0 Å². The van der Waals surface area contributed by atoms with Crippen LogP contribution in [0.1, 0.15) is 30.6 Å². The molecule has 0 aliphatic carbocycles. The fraction of sp³-hybridized carbons (Fsp3) is 0.455. The maximum atomic E-state index is 13.0. The molecule has 0 radical (unpaired) electrons. The zero-order valence-corrected chi connectivity index (χ0v) is 9.13. The van der Waals surface area contributed by atoms with Crippen LogP contribution in [-0.4, -0.2) is 11.1 Å². The summed E-state index contributed by atoms with van der Waals surface area (Å²) in [6, 6.07) is 1.23. The molecule has 0 aliphatic rings. The first-order valence-corrected chi connectivity index (χ1v) is 5.07. The average Bonchev–Trinajstić information content (AvgIpc) is 2.25. The van der Waals surface area contributed by atoms with Crippen LogP contribution >= 0.6 is 0 Å². The molecule has 0 aromatic heterocycles. The number of hydrogen-bond acceptors (Lipinski definition) is 2. The fourth-order valence-electron chi connectivity index (χ4n) is 1.42. The van der Waals surface area contributed by atoms with Crippen LogP contribution in [-0.2, 0) is 6.18 Å². The molecule has 2 unspecified atom stereocenters. The quantitative estimate of drug-likeness (QED) is 0.811. The van der Waals surface area contributed by atoms with Gasteiger partial charge in [-0.2, -0.15) is 13.2 Å². The van der Waals surface area contributed by atoms with E-state index in [2.05, 4.69) is 0 Å². The van der Waals surface area contributed by atoms with Crippen molar-refractivity contribution in [2.24, 2.45) is 5.73 Å². The summed E-state index contributed by atoms with van der Waals surface area (Å²) in [6.45, 7) is 1.68. The Kier molecular flexibility index (Phi) is 4.11. The lowest BCUT2D eigenvalue weighted by molar-refractivity contribution is -0.137. The Morgan fingerprint density at radius 2 is 1.88 bits per heavy atom. The topological polar surface area (TPSA) is 46.2 Å².